The Labute approximate surface area is 145 Å². The fourth-order valence-electron chi connectivity index (χ4n) is 2.78. The predicted molar refractivity (Wildman–Crippen MR) is 98.1 cm³/mol. The number of carbonyl (C=O) groups is 2. The maximum absolute atomic E-state index is 12.6. The van der Waals surface area contributed by atoms with Crippen molar-refractivity contribution in [3.8, 4) is 5.75 Å². The summed E-state index contributed by atoms with van der Waals surface area (Å²) >= 11 is 1.01. The summed E-state index contributed by atoms with van der Waals surface area (Å²) in [7, 11) is 1.64. The predicted octanol–water partition coefficient (Wildman–Crippen LogP) is 4.68. The van der Waals surface area contributed by atoms with E-state index in [0.717, 1.165) is 40.3 Å². The van der Waals surface area contributed by atoms with Gasteiger partial charge in [-0.1, -0.05) is 37.3 Å². The van der Waals surface area contributed by atoms with Crippen LogP contribution < -0.4 is 4.74 Å². The molecule has 1 heterocycles. The molecule has 0 radical (unpaired) electrons. The van der Waals surface area contributed by atoms with E-state index >= 15 is 0 Å². The number of ether oxygens (including phenoxy) is 1. The van der Waals surface area contributed by atoms with Gasteiger partial charge in [0.2, 0.25) is 0 Å². The van der Waals surface area contributed by atoms with Crippen LogP contribution >= 0.6 is 11.8 Å². The zero-order valence-corrected chi connectivity index (χ0v) is 14.7. The van der Waals surface area contributed by atoms with Crippen LogP contribution in [-0.2, 0) is 4.79 Å². The van der Waals surface area contributed by atoms with Crippen molar-refractivity contribution in [1.82, 2.24) is 4.90 Å². The van der Waals surface area contributed by atoms with E-state index in [9.17, 15) is 9.59 Å². The van der Waals surface area contributed by atoms with Gasteiger partial charge in [-0.2, -0.15) is 0 Å². The summed E-state index contributed by atoms with van der Waals surface area (Å²) < 4.78 is 5.40. The van der Waals surface area contributed by atoms with Gasteiger partial charge in [0.05, 0.1) is 12.0 Å². The molecule has 5 heteroatoms. The van der Waals surface area contributed by atoms with Crippen LogP contribution in [0.5, 0.6) is 5.75 Å². The SMILES string of the molecule is CC[C@@H](C)N1C(=O)S/C(=C/c2ccc(OC)c3ccccc23)C1=O. The summed E-state index contributed by atoms with van der Waals surface area (Å²) in [5.41, 5.74) is 0.904. The number of rotatable bonds is 4. The van der Waals surface area contributed by atoms with Gasteiger partial charge in [-0.3, -0.25) is 14.5 Å². The first-order valence-corrected chi connectivity index (χ1v) is 8.71. The van der Waals surface area contributed by atoms with E-state index < -0.39 is 0 Å². The van der Waals surface area contributed by atoms with Crippen molar-refractivity contribution in [2.45, 2.75) is 26.3 Å². The van der Waals surface area contributed by atoms with Gasteiger partial charge in [-0.15, -0.1) is 0 Å². The first-order chi connectivity index (χ1) is 11.6. The highest BCUT2D eigenvalue weighted by atomic mass is 32.2. The Balaban J connectivity index is 2.05. The van der Waals surface area contributed by atoms with Gasteiger partial charge >= 0.3 is 0 Å². The molecule has 1 atom stereocenters. The van der Waals surface area contributed by atoms with E-state index in [4.69, 9.17) is 4.74 Å². The molecule has 0 saturated carbocycles. The smallest absolute Gasteiger partial charge is 0.293 e. The van der Waals surface area contributed by atoms with Crippen molar-refractivity contribution < 1.29 is 14.3 Å². The monoisotopic (exact) mass is 341 g/mol. The van der Waals surface area contributed by atoms with Crippen molar-refractivity contribution in [3.63, 3.8) is 0 Å². The highest BCUT2D eigenvalue weighted by molar-refractivity contribution is 8.18. The number of fused-ring (bicyclic) bond motifs is 1. The molecule has 2 amide bonds. The number of benzene rings is 2. The lowest BCUT2D eigenvalue weighted by Crippen LogP contribution is -2.36. The van der Waals surface area contributed by atoms with Crippen molar-refractivity contribution >= 4 is 39.8 Å². The largest absolute Gasteiger partial charge is 0.496 e. The molecule has 3 rings (SSSR count). The summed E-state index contributed by atoms with van der Waals surface area (Å²) in [5, 5.41) is 1.78. The molecule has 124 valence electrons. The molecule has 0 aromatic heterocycles. The number of methoxy groups -OCH3 is 1. The van der Waals surface area contributed by atoms with E-state index in [1.165, 1.54) is 4.90 Å². The number of nitrogens with zero attached hydrogens (tertiary/aromatic N) is 1. The number of hydrogen-bond acceptors (Lipinski definition) is 4. The average Bonchev–Trinajstić information content (AvgIpc) is 2.88. The number of amides is 2. The third-order valence-corrected chi connectivity index (χ3v) is 5.16. The Morgan fingerprint density at radius 2 is 1.88 bits per heavy atom. The summed E-state index contributed by atoms with van der Waals surface area (Å²) in [5.74, 6) is 0.578. The first kappa shape index (κ1) is 16.6. The van der Waals surface area contributed by atoms with E-state index in [-0.39, 0.29) is 17.2 Å². The quantitative estimate of drug-likeness (QED) is 0.757. The van der Waals surface area contributed by atoms with Crippen LogP contribution in [0.15, 0.2) is 41.3 Å². The maximum Gasteiger partial charge on any atom is 0.293 e. The highest BCUT2D eigenvalue weighted by Crippen LogP contribution is 2.36. The second-order valence-electron chi connectivity index (χ2n) is 5.71. The minimum Gasteiger partial charge on any atom is -0.496 e. The van der Waals surface area contributed by atoms with Gasteiger partial charge in [0, 0.05) is 11.4 Å². The van der Waals surface area contributed by atoms with Gasteiger partial charge in [0.1, 0.15) is 5.75 Å². The molecule has 4 nitrogen and oxygen atoms in total. The highest BCUT2D eigenvalue weighted by Gasteiger charge is 2.37. The molecule has 1 aliphatic rings. The normalized spacial score (nSPS) is 17.8. The standard InChI is InChI=1S/C19H19NO3S/c1-4-12(2)20-18(21)17(24-19(20)22)11-13-9-10-16(23-3)15-8-6-5-7-14(13)15/h5-12H,4H2,1-3H3/b17-11+/t12-/m1/s1. The Hall–Kier alpha value is -2.27. The molecular formula is C19H19NO3S. The van der Waals surface area contributed by atoms with Gasteiger partial charge < -0.3 is 4.74 Å². The third-order valence-electron chi connectivity index (χ3n) is 4.28. The number of imide groups is 1. The van der Waals surface area contributed by atoms with E-state index in [1.54, 1.807) is 13.2 Å². The molecule has 2 aromatic rings. The van der Waals surface area contributed by atoms with Crippen molar-refractivity contribution in [2.75, 3.05) is 7.11 Å². The van der Waals surface area contributed by atoms with Gasteiger partial charge in [-0.25, -0.2) is 0 Å². The van der Waals surface area contributed by atoms with Crippen LogP contribution in [0.1, 0.15) is 25.8 Å². The zero-order valence-electron chi connectivity index (χ0n) is 13.9. The van der Waals surface area contributed by atoms with Crippen LogP contribution in [0.3, 0.4) is 0 Å². The minimum atomic E-state index is -0.209. The number of carbonyl (C=O) groups excluding carboxylic acids is 2. The lowest BCUT2D eigenvalue weighted by atomic mass is 10.0. The summed E-state index contributed by atoms with van der Waals surface area (Å²) in [6, 6.07) is 11.6. The first-order valence-electron chi connectivity index (χ1n) is 7.89. The van der Waals surface area contributed by atoms with Crippen LogP contribution in [0.4, 0.5) is 4.79 Å². The molecule has 0 aliphatic carbocycles. The van der Waals surface area contributed by atoms with E-state index in [1.807, 2.05) is 50.2 Å². The van der Waals surface area contributed by atoms with Gasteiger partial charge in [0.15, 0.2) is 0 Å². The van der Waals surface area contributed by atoms with Gasteiger partial charge in [0.25, 0.3) is 11.1 Å². The van der Waals surface area contributed by atoms with Gasteiger partial charge in [-0.05, 0) is 48.2 Å². The van der Waals surface area contributed by atoms with Crippen molar-refractivity contribution in [3.05, 3.63) is 46.9 Å². The zero-order chi connectivity index (χ0) is 17.3. The molecule has 1 aliphatic heterocycles. The molecule has 0 N–H and O–H groups in total. The molecule has 1 fully saturated rings. The summed E-state index contributed by atoms with van der Waals surface area (Å²) in [6.07, 6.45) is 2.55. The summed E-state index contributed by atoms with van der Waals surface area (Å²) in [4.78, 5) is 26.5. The van der Waals surface area contributed by atoms with Crippen molar-refractivity contribution in [2.24, 2.45) is 0 Å². The minimum absolute atomic E-state index is 0.0870. The Bertz CT molecular complexity index is 844. The molecule has 0 spiro atoms. The van der Waals surface area contributed by atoms with Crippen LogP contribution in [0.2, 0.25) is 0 Å². The number of hydrogen-bond donors (Lipinski definition) is 0. The average molecular weight is 341 g/mol. The lowest BCUT2D eigenvalue weighted by molar-refractivity contribution is -0.124. The summed E-state index contributed by atoms with van der Waals surface area (Å²) in [6.45, 7) is 3.86. The lowest BCUT2D eigenvalue weighted by Gasteiger charge is -2.19. The molecule has 0 unspecified atom stereocenters. The Morgan fingerprint density at radius 3 is 2.54 bits per heavy atom. The molecule has 2 aromatic carbocycles. The van der Waals surface area contributed by atoms with Crippen LogP contribution in [-0.4, -0.2) is 29.2 Å². The molecule has 1 saturated heterocycles. The molecular weight excluding hydrogens is 322 g/mol. The second-order valence-corrected chi connectivity index (χ2v) is 6.70. The molecule has 0 bridgehead atoms. The van der Waals surface area contributed by atoms with Crippen LogP contribution in [0, 0.1) is 0 Å². The fraction of sp³-hybridized carbons (Fsp3) is 0.263. The second kappa shape index (κ2) is 6.69. The van der Waals surface area contributed by atoms with Crippen molar-refractivity contribution in [1.29, 1.82) is 0 Å². The van der Waals surface area contributed by atoms with E-state index in [2.05, 4.69) is 0 Å². The topological polar surface area (TPSA) is 46.6 Å². The molecule has 24 heavy (non-hydrogen) atoms. The fourth-order valence-corrected chi connectivity index (χ4v) is 3.70. The maximum atomic E-state index is 12.6. The third kappa shape index (κ3) is 2.80. The Morgan fingerprint density at radius 1 is 1.17 bits per heavy atom. The van der Waals surface area contributed by atoms with E-state index in [0.29, 0.717) is 4.91 Å². The number of thioether (sulfide) groups is 1. The van der Waals surface area contributed by atoms with Crippen LogP contribution in [0.25, 0.3) is 16.8 Å². The Kier molecular flexibility index (Phi) is 4.62.